The number of aromatic hydroxyl groups is 1. The zero-order chi connectivity index (χ0) is 15.0. The van der Waals surface area contributed by atoms with Crippen molar-refractivity contribution in [3.05, 3.63) is 59.2 Å². The Morgan fingerprint density at radius 1 is 1.24 bits per heavy atom. The molecule has 2 aromatic rings. The van der Waals surface area contributed by atoms with Gasteiger partial charge in [0.2, 0.25) is 0 Å². The standard InChI is InChI=1S/C16H16N2O3/c17-12-6-5-10(8-13(12)19)16(21)18-15-11-4-2-1-3-9(11)7-14(15)20/h1-6,8,14-15,19-20H,7,17H2,(H,18,21)/t14-,15+/m1/s1. The summed E-state index contributed by atoms with van der Waals surface area (Å²) in [5.74, 6) is -0.485. The van der Waals surface area contributed by atoms with Gasteiger partial charge in [-0.2, -0.15) is 0 Å². The van der Waals surface area contributed by atoms with Gasteiger partial charge in [-0.15, -0.1) is 0 Å². The molecule has 1 aliphatic rings. The van der Waals surface area contributed by atoms with Gasteiger partial charge in [-0.1, -0.05) is 24.3 Å². The molecule has 0 saturated carbocycles. The lowest BCUT2D eigenvalue weighted by Gasteiger charge is -2.18. The number of aliphatic hydroxyl groups is 1. The number of fused-ring (bicyclic) bond motifs is 1. The summed E-state index contributed by atoms with van der Waals surface area (Å²) in [5.41, 5.74) is 8.01. The van der Waals surface area contributed by atoms with Crippen molar-refractivity contribution in [2.24, 2.45) is 0 Å². The normalized spacial score (nSPS) is 20.0. The fourth-order valence-electron chi connectivity index (χ4n) is 2.66. The molecule has 0 bridgehead atoms. The predicted molar refractivity (Wildman–Crippen MR) is 78.9 cm³/mol. The Labute approximate surface area is 122 Å². The largest absolute Gasteiger partial charge is 0.506 e. The van der Waals surface area contributed by atoms with Crippen molar-refractivity contribution in [3.63, 3.8) is 0 Å². The van der Waals surface area contributed by atoms with Gasteiger partial charge >= 0.3 is 0 Å². The number of carbonyl (C=O) groups is 1. The molecular weight excluding hydrogens is 268 g/mol. The van der Waals surface area contributed by atoms with Crippen molar-refractivity contribution < 1.29 is 15.0 Å². The van der Waals surface area contributed by atoms with E-state index in [0.29, 0.717) is 12.0 Å². The highest BCUT2D eigenvalue weighted by Crippen LogP contribution is 2.31. The third kappa shape index (κ3) is 2.43. The van der Waals surface area contributed by atoms with E-state index in [9.17, 15) is 15.0 Å². The summed E-state index contributed by atoms with van der Waals surface area (Å²) in [6, 6.07) is 11.5. The first kappa shape index (κ1) is 13.5. The van der Waals surface area contributed by atoms with Crippen LogP contribution in [0.15, 0.2) is 42.5 Å². The summed E-state index contributed by atoms with van der Waals surface area (Å²) in [6.45, 7) is 0. The molecule has 5 heteroatoms. The SMILES string of the molecule is Nc1ccc(C(=O)N[C@H]2c3ccccc3C[C@H]2O)cc1O. The maximum Gasteiger partial charge on any atom is 0.251 e. The minimum Gasteiger partial charge on any atom is -0.506 e. The van der Waals surface area contributed by atoms with Crippen LogP contribution in [0.1, 0.15) is 27.5 Å². The van der Waals surface area contributed by atoms with E-state index in [0.717, 1.165) is 11.1 Å². The molecular formula is C16H16N2O3. The Morgan fingerprint density at radius 2 is 2.00 bits per heavy atom. The number of hydrogen-bond acceptors (Lipinski definition) is 4. The number of amides is 1. The van der Waals surface area contributed by atoms with Crippen molar-refractivity contribution in [1.29, 1.82) is 0 Å². The molecule has 0 unspecified atom stereocenters. The molecule has 0 saturated heterocycles. The van der Waals surface area contributed by atoms with Crippen LogP contribution in [0, 0.1) is 0 Å². The summed E-state index contributed by atoms with van der Waals surface area (Å²) in [4.78, 5) is 12.2. The molecule has 3 rings (SSSR count). The van der Waals surface area contributed by atoms with Crippen LogP contribution in [-0.4, -0.2) is 22.2 Å². The van der Waals surface area contributed by atoms with Crippen molar-refractivity contribution in [1.82, 2.24) is 5.32 Å². The van der Waals surface area contributed by atoms with Crippen LogP contribution in [0.2, 0.25) is 0 Å². The van der Waals surface area contributed by atoms with Gasteiger partial charge in [0.15, 0.2) is 0 Å². The van der Waals surface area contributed by atoms with E-state index < -0.39 is 12.1 Å². The zero-order valence-corrected chi connectivity index (χ0v) is 11.3. The summed E-state index contributed by atoms with van der Waals surface area (Å²) in [5, 5.41) is 22.5. The summed E-state index contributed by atoms with van der Waals surface area (Å²) in [6.07, 6.45) is -0.123. The molecule has 0 aliphatic heterocycles. The predicted octanol–water partition coefficient (Wildman–Crippen LogP) is 1.36. The minimum atomic E-state index is -0.645. The Kier molecular flexibility index (Phi) is 3.27. The molecule has 0 heterocycles. The number of carbonyl (C=O) groups excluding carboxylic acids is 1. The third-order valence-electron chi connectivity index (χ3n) is 3.78. The zero-order valence-electron chi connectivity index (χ0n) is 11.3. The third-order valence-corrected chi connectivity index (χ3v) is 3.78. The van der Waals surface area contributed by atoms with Gasteiger partial charge in [-0.3, -0.25) is 4.79 Å². The average Bonchev–Trinajstić information content (AvgIpc) is 2.78. The molecule has 0 fully saturated rings. The van der Waals surface area contributed by atoms with E-state index >= 15 is 0 Å². The van der Waals surface area contributed by atoms with Gasteiger partial charge < -0.3 is 21.3 Å². The highest BCUT2D eigenvalue weighted by molar-refractivity contribution is 5.95. The Morgan fingerprint density at radius 3 is 2.76 bits per heavy atom. The number of rotatable bonds is 2. The van der Waals surface area contributed by atoms with Gasteiger partial charge in [0.1, 0.15) is 5.75 Å². The van der Waals surface area contributed by atoms with Gasteiger partial charge in [-0.05, 0) is 29.3 Å². The van der Waals surface area contributed by atoms with Crippen LogP contribution in [0.3, 0.4) is 0 Å². The van der Waals surface area contributed by atoms with E-state index in [1.54, 1.807) is 0 Å². The number of nitrogens with one attached hydrogen (secondary N) is 1. The minimum absolute atomic E-state index is 0.130. The van der Waals surface area contributed by atoms with Crippen LogP contribution in [0.4, 0.5) is 5.69 Å². The fourth-order valence-corrected chi connectivity index (χ4v) is 2.66. The van der Waals surface area contributed by atoms with Crippen molar-refractivity contribution >= 4 is 11.6 Å². The lowest BCUT2D eigenvalue weighted by Crippen LogP contribution is -2.33. The molecule has 5 N–H and O–H groups in total. The summed E-state index contributed by atoms with van der Waals surface area (Å²) >= 11 is 0. The van der Waals surface area contributed by atoms with Crippen LogP contribution in [-0.2, 0) is 6.42 Å². The first-order valence-corrected chi connectivity index (χ1v) is 6.71. The monoisotopic (exact) mass is 284 g/mol. The highest BCUT2D eigenvalue weighted by atomic mass is 16.3. The van der Waals surface area contributed by atoms with Crippen LogP contribution < -0.4 is 11.1 Å². The average molecular weight is 284 g/mol. The molecule has 5 nitrogen and oxygen atoms in total. The van der Waals surface area contributed by atoms with Crippen molar-refractivity contribution in [2.45, 2.75) is 18.6 Å². The number of phenolic OH excluding ortho intramolecular Hbond substituents is 1. The molecule has 0 aromatic heterocycles. The molecule has 2 aromatic carbocycles. The Balaban J connectivity index is 1.83. The van der Waals surface area contributed by atoms with Crippen LogP contribution in [0.25, 0.3) is 0 Å². The van der Waals surface area contributed by atoms with Crippen LogP contribution in [0.5, 0.6) is 5.75 Å². The smallest absolute Gasteiger partial charge is 0.251 e. The number of anilines is 1. The topological polar surface area (TPSA) is 95.6 Å². The van der Waals surface area contributed by atoms with Gasteiger partial charge in [-0.25, -0.2) is 0 Å². The summed E-state index contributed by atoms with van der Waals surface area (Å²) < 4.78 is 0. The molecule has 0 radical (unpaired) electrons. The molecule has 21 heavy (non-hydrogen) atoms. The number of aliphatic hydroxyl groups excluding tert-OH is 1. The van der Waals surface area contributed by atoms with E-state index in [1.807, 2.05) is 24.3 Å². The fraction of sp³-hybridized carbons (Fsp3) is 0.188. The van der Waals surface area contributed by atoms with Crippen LogP contribution >= 0.6 is 0 Å². The highest BCUT2D eigenvalue weighted by Gasteiger charge is 2.32. The molecule has 1 aliphatic carbocycles. The number of nitrogens with two attached hydrogens (primary N) is 1. The second-order valence-electron chi connectivity index (χ2n) is 5.20. The lowest BCUT2D eigenvalue weighted by atomic mass is 10.1. The number of hydrogen-bond donors (Lipinski definition) is 4. The second kappa shape index (κ2) is 5.10. The van der Waals surface area contributed by atoms with E-state index in [2.05, 4.69) is 5.32 Å². The lowest BCUT2D eigenvalue weighted by molar-refractivity contribution is 0.0858. The Bertz CT molecular complexity index is 700. The van der Waals surface area contributed by atoms with E-state index in [4.69, 9.17) is 5.73 Å². The Hall–Kier alpha value is -2.53. The van der Waals surface area contributed by atoms with Crippen molar-refractivity contribution in [2.75, 3.05) is 5.73 Å². The molecule has 2 atom stereocenters. The van der Waals surface area contributed by atoms with Gasteiger partial charge in [0.25, 0.3) is 5.91 Å². The molecule has 108 valence electrons. The first-order chi connectivity index (χ1) is 10.1. The van der Waals surface area contributed by atoms with E-state index in [1.165, 1.54) is 18.2 Å². The van der Waals surface area contributed by atoms with Gasteiger partial charge in [0, 0.05) is 12.0 Å². The summed E-state index contributed by atoms with van der Waals surface area (Å²) in [7, 11) is 0. The maximum absolute atomic E-state index is 12.2. The van der Waals surface area contributed by atoms with E-state index in [-0.39, 0.29) is 17.3 Å². The van der Waals surface area contributed by atoms with Gasteiger partial charge in [0.05, 0.1) is 17.8 Å². The number of phenols is 1. The van der Waals surface area contributed by atoms with Crippen molar-refractivity contribution in [3.8, 4) is 5.75 Å². The first-order valence-electron chi connectivity index (χ1n) is 6.71. The quantitative estimate of drug-likeness (QED) is 0.494. The number of benzene rings is 2. The molecule has 0 spiro atoms. The molecule has 1 amide bonds. The second-order valence-corrected chi connectivity index (χ2v) is 5.20. The number of nitrogen functional groups attached to an aromatic ring is 1. The maximum atomic E-state index is 12.2.